The zero-order chi connectivity index (χ0) is 13.1. The Labute approximate surface area is 108 Å². The second kappa shape index (κ2) is 5.52. The van der Waals surface area contributed by atoms with Crippen LogP contribution in [0.2, 0.25) is 0 Å². The summed E-state index contributed by atoms with van der Waals surface area (Å²) in [5, 5.41) is 7.24. The summed E-state index contributed by atoms with van der Waals surface area (Å²) in [5.41, 5.74) is 2.59. The molecule has 0 unspecified atom stereocenters. The highest BCUT2D eigenvalue weighted by atomic mass is 16.5. The fourth-order valence-corrected chi connectivity index (χ4v) is 2.15. The van der Waals surface area contributed by atoms with E-state index in [0.29, 0.717) is 31.4 Å². The number of amides is 1. The number of nitrogens with one attached hydrogen (secondary N) is 1. The van der Waals surface area contributed by atoms with Crippen LogP contribution in [0.25, 0.3) is 0 Å². The van der Waals surface area contributed by atoms with Gasteiger partial charge in [-0.2, -0.15) is 5.10 Å². The highest BCUT2D eigenvalue weighted by Crippen LogP contribution is 2.19. The number of rotatable bonds is 4. The topological polar surface area (TPSA) is 56.2 Å². The van der Waals surface area contributed by atoms with Gasteiger partial charge in [0.05, 0.1) is 13.2 Å². The quantitative estimate of drug-likeness (QED) is 0.876. The van der Waals surface area contributed by atoms with Crippen LogP contribution in [0.1, 0.15) is 42.0 Å². The third kappa shape index (κ3) is 2.72. The second-order valence-corrected chi connectivity index (χ2v) is 5.14. The van der Waals surface area contributed by atoms with Crippen LogP contribution in [0.15, 0.2) is 0 Å². The van der Waals surface area contributed by atoms with Gasteiger partial charge in [-0.3, -0.25) is 9.48 Å². The van der Waals surface area contributed by atoms with E-state index in [2.05, 4.69) is 24.3 Å². The molecule has 0 radical (unpaired) electrons. The van der Waals surface area contributed by atoms with Crippen molar-refractivity contribution >= 4 is 5.91 Å². The summed E-state index contributed by atoms with van der Waals surface area (Å²) < 4.78 is 7.21. The first-order chi connectivity index (χ1) is 8.59. The van der Waals surface area contributed by atoms with Gasteiger partial charge in [0.25, 0.3) is 5.91 Å². The molecule has 18 heavy (non-hydrogen) atoms. The fourth-order valence-electron chi connectivity index (χ4n) is 2.15. The number of carbonyl (C=O) groups excluding carboxylic acids is 1. The molecule has 5 heteroatoms. The van der Waals surface area contributed by atoms with E-state index >= 15 is 0 Å². The molecule has 0 atom stereocenters. The smallest absolute Gasteiger partial charge is 0.272 e. The van der Waals surface area contributed by atoms with Crippen LogP contribution >= 0.6 is 0 Å². The predicted molar refractivity (Wildman–Crippen MR) is 68.4 cm³/mol. The van der Waals surface area contributed by atoms with E-state index in [1.54, 1.807) is 4.68 Å². The first kappa shape index (κ1) is 13.1. The van der Waals surface area contributed by atoms with Gasteiger partial charge in [0.1, 0.15) is 0 Å². The lowest BCUT2D eigenvalue weighted by molar-refractivity contribution is 0.0923. The zero-order valence-electron chi connectivity index (χ0n) is 11.3. The van der Waals surface area contributed by atoms with Gasteiger partial charge in [-0.15, -0.1) is 0 Å². The van der Waals surface area contributed by atoms with Crippen LogP contribution in [0.4, 0.5) is 0 Å². The highest BCUT2D eigenvalue weighted by Gasteiger charge is 2.23. The van der Waals surface area contributed by atoms with Crippen molar-refractivity contribution in [2.45, 2.75) is 33.3 Å². The fraction of sp³-hybridized carbons (Fsp3) is 0.692. The number of carbonyl (C=O) groups is 1. The number of aryl methyl sites for hydroxylation is 1. The van der Waals surface area contributed by atoms with Crippen molar-refractivity contribution in [3.8, 4) is 0 Å². The molecule has 0 aliphatic carbocycles. The minimum absolute atomic E-state index is 0.0852. The van der Waals surface area contributed by atoms with Crippen molar-refractivity contribution in [1.82, 2.24) is 15.1 Å². The Morgan fingerprint density at radius 1 is 1.56 bits per heavy atom. The number of hydrogen-bond acceptors (Lipinski definition) is 3. The van der Waals surface area contributed by atoms with Gasteiger partial charge >= 0.3 is 0 Å². The minimum Gasteiger partial charge on any atom is -0.376 e. The number of fused-ring (bicyclic) bond motifs is 1. The number of hydrogen-bond donors (Lipinski definition) is 1. The van der Waals surface area contributed by atoms with Gasteiger partial charge < -0.3 is 10.1 Å². The monoisotopic (exact) mass is 251 g/mol. The molecule has 0 saturated carbocycles. The molecule has 0 fully saturated rings. The van der Waals surface area contributed by atoms with Gasteiger partial charge in [-0.1, -0.05) is 13.8 Å². The van der Waals surface area contributed by atoms with E-state index in [9.17, 15) is 4.79 Å². The molecule has 1 amide bonds. The maximum absolute atomic E-state index is 12.1. The van der Waals surface area contributed by atoms with E-state index in [4.69, 9.17) is 4.74 Å². The Bertz CT molecular complexity index is 438. The van der Waals surface area contributed by atoms with Crippen molar-refractivity contribution < 1.29 is 9.53 Å². The van der Waals surface area contributed by atoms with Gasteiger partial charge in [0.15, 0.2) is 5.69 Å². The zero-order valence-corrected chi connectivity index (χ0v) is 11.3. The largest absolute Gasteiger partial charge is 0.376 e. The third-order valence-corrected chi connectivity index (χ3v) is 3.23. The summed E-state index contributed by atoms with van der Waals surface area (Å²) in [7, 11) is 1.88. The molecule has 100 valence electrons. The lowest BCUT2D eigenvalue weighted by Gasteiger charge is -2.13. The summed E-state index contributed by atoms with van der Waals surface area (Å²) in [4.78, 5) is 12.1. The van der Waals surface area contributed by atoms with E-state index in [-0.39, 0.29) is 5.91 Å². The molecule has 5 nitrogen and oxygen atoms in total. The van der Waals surface area contributed by atoms with E-state index in [1.165, 1.54) is 0 Å². The van der Waals surface area contributed by atoms with Crippen LogP contribution in [-0.4, -0.2) is 28.8 Å². The second-order valence-electron chi connectivity index (χ2n) is 5.14. The molecule has 2 rings (SSSR count). The average molecular weight is 251 g/mol. The van der Waals surface area contributed by atoms with E-state index in [0.717, 1.165) is 24.1 Å². The third-order valence-electron chi connectivity index (χ3n) is 3.23. The van der Waals surface area contributed by atoms with E-state index in [1.807, 2.05) is 7.05 Å². The number of aromatic nitrogens is 2. The van der Waals surface area contributed by atoms with Crippen LogP contribution in [0, 0.1) is 5.92 Å². The molecule has 1 aromatic heterocycles. The van der Waals surface area contributed by atoms with Crippen molar-refractivity contribution in [3.63, 3.8) is 0 Å². The molecule has 2 heterocycles. The Balaban J connectivity index is 2.06. The lowest BCUT2D eigenvalue weighted by atomic mass is 10.1. The summed E-state index contributed by atoms with van der Waals surface area (Å²) >= 11 is 0. The van der Waals surface area contributed by atoms with Crippen LogP contribution in [-0.2, 0) is 24.8 Å². The summed E-state index contributed by atoms with van der Waals surface area (Å²) in [6.45, 7) is 6.19. The molecule has 0 saturated heterocycles. The van der Waals surface area contributed by atoms with Gasteiger partial charge in [0, 0.05) is 31.3 Å². The first-order valence-electron chi connectivity index (χ1n) is 6.50. The molecule has 1 aromatic rings. The maximum Gasteiger partial charge on any atom is 0.272 e. The first-order valence-corrected chi connectivity index (χ1v) is 6.50. The summed E-state index contributed by atoms with van der Waals surface area (Å²) in [6, 6.07) is 0. The normalized spacial score (nSPS) is 14.7. The number of ether oxygens (including phenoxy) is 1. The molecule has 1 aliphatic rings. The molecule has 1 aliphatic heterocycles. The van der Waals surface area contributed by atoms with Gasteiger partial charge in [-0.25, -0.2) is 0 Å². The maximum atomic E-state index is 12.1. The molecular formula is C13H21N3O2. The molecule has 0 spiro atoms. The summed E-state index contributed by atoms with van der Waals surface area (Å²) in [5.74, 6) is 0.504. The van der Waals surface area contributed by atoms with E-state index < -0.39 is 0 Å². The van der Waals surface area contributed by atoms with Crippen LogP contribution < -0.4 is 5.32 Å². The molecular weight excluding hydrogens is 230 g/mol. The van der Waals surface area contributed by atoms with Crippen molar-refractivity contribution in [3.05, 3.63) is 17.0 Å². The lowest BCUT2D eigenvalue weighted by Crippen LogP contribution is -2.27. The standard InChI is InChI=1S/C13H21N3O2/c1-9(2)4-6-14-13(17)12-10-8-18-7-5-11(10)16(3)15-12/h9H,4-8H2,1-3H3,(H,14,17). The Kier molecular flexibility index (Phi) is 4.01. The molecule has 0 aromatic carbocycles. The van der Waals surface area contributed by atoms with Crippen LogP contribution in [0.5, 0.6) is 0 Å². The van der Waals surface area contributed by atoms with Gasteiger partial charge in [0.2, 0.25) is 0 Å². The Morgan fingerprint density at radius 3 is 3.06 bits per heavy atom. The SMILES string of the molecule is CC(C)CCNC(=O)c1nn(C)c2c1COCC2. The Hall–Kier alpha value is -1.36. The number of nitrogens with zero attached hydrogens (tertiary/aromatic N) is 2. The minimum atomic E-state index is -0.0852. The average Bonchev–Trinajstić information content (AvgIpc) is 2.67. The van der Waals surface area contributed by atoms with Crippen molar-refractivity contribution in [1.29, 1.82) is 0 Å². The Morgan fingerprint density at radius 2 is 2.33 bits per heavy atom. The predicted octanol–water partition coefficient (Wildman–Crippen LogP) is 1.27. The van der Waals surface area contributed by atoms with Gasteiger partial charge in [-0.05, 0) is 12.3 Å². The highest BCUT2D eigenvalue weighted by molar-refractivity contribution is 5.94. The van der Waals surface area contributed by atoms with Crippen molar-refractivity contribution in [2.24, 2.45) is 13.0 Å². The van der Waals surface area contributed by atoms with Crippen LogP contribution in [0.3, 0.4) is 0 Å². The summed E-state index contributed by atoms with van der Waals surface area (Å²) in [6.07, 6.45) is 1.81. The molecule has 0 bridgehead atoms. The van der Waals surface area contributed by atoms with Crippen molar-refractivity contribution in [2.75, 3.05) is 13.2 Å². The molecule has 1 N–H and O–H groups in total.